The van der Waals surface area contributed by atoms with Crippen LogP contribution in [0.25, 0.3) is 5.57 Å². The molecule has 0 aromatic heterocycles. The number of rotatable bonds is 4. The Labute approximate surface area is 168 Å². The Kier molecular flexibility index (Phi) is 5.30. The molecule has 3 rings (SSSR count). The number of hydrogen-bond donors (Lipinski definition) is 0. The Balaban J connectivity index is 2.17. The molecule has 1 aliphatic carbocycles. The molecular weight excluding hydrogens is 370 g/mol. The molecular formula is C24H30F2OSi. The van der Waals surface area contributed by atoms with E-state index in [1.165, 1.54) is 0 Å². The summed E-state index contributed by atoms with van der Waals surface area (Å²) in [6.07, 6.45) is -0.345. The number of hydrogen-bond acceptors (Lipinski definition) is 1. The van der Waals surface area contributed by atoms with Gasteiger partial charge in [-0.2, -0.15) is 0 Å². The molecule has 28 heavy (non-hydrogen) atoms. The fraction of sp³-hybridized carbons (Fsp3) is 0.417. The Hall–Kier alpha value is -1.94. The molecule has 0 saturated carbocycles. The molecule has 0 radical (unpaired) electrons. The van der Waals surface area contributed by atoms with Crippen molar-refractivity contribution in [2.75, 3.05) is 0 Å². The molecule has 0 bridgehead atoms. The molecule has 4 heteroatoms. The molecule has 0 fully saturated rings. The summed E-state index contributed by atoms with van der Waals surface area (Å²) in [5.74, 6) is -3.40. The summed E-state index contributed by atoms with van der Waals surface area (Å²) in [6.45, 7) is 12.6. The third-order valence-electron chi connectivity index (χ3n) is 6.09. The monoisotopic (exact) mass is 400 g/mol. The van der Waals surface area contributed by atoms with Crippen LogP contribution in [-0.2, 0) is 4.43 Å². The molecule has 1 aliphatic rings. The average molecular weight is 401 g/mol. The van der Waals surface area contributed by atoms with Crippen LogP contribution in [0, 0.1) is 6.92 Å². The van der Waals surface area contributed by atoms with Crippen LogP contribution in [0.5, 0.6) is 0 Å². The van der Waals surface area contributed by atoms with E-state index >= 15 is 8.78 Å². The lowest BCUT2D eigenvalue weighted by atomic mass is 9.86. The lowest BCUT2D eigenvalue weighted by Crippen LogP contribution is -2.40. The molecule has 0 N–H and O–H groups in total. The molecule has 1 unspecified atom stereocenters. The maximum Gasteiger partial charge on any atom is 0.265 e. The molecule has 2 aromatic carbocycles. The first kappa shape index (κ1) is 20.8. The first-order chi connectivity index (χ1) is 12.9. The van der Waals surface area contributed by atoms with Crippen LogP contribution >= 0.6 is 0 Å². The van der Waals surface area contributed by atoms with Crippen molar-refractivity contribution in [2.24, 2.45) is 0 Å². The molecule has 0 saturated heterocycles. The van der Waals surface area contributed by atoms with E-state index in [1.807, 2.05) is 61.5 Å². The Morgan fingerprint density at radius 3 is 2.07 bits per heavy atom. The number of halogens is 2. The standard InChI is InChI=1S/C24H30F2OSi/c1-17-12-14-19(15-13-17)22-21(18-10-8-7-9-11-18)20(16-24(22,25)26)27-28(5,6)23(2,3)4/h7-15,22H,16H2,1-6H3. The van der Waals surface area contributed by atoms with Crippen LogP contribution < -0.4 is 0 Å². The van der Waals surface area contributed by atoms with Crippen molar-refractivity contribution in [3.05, 3.63) is 77.0 Å². The van der Waals surface area contributed by atoms with Gasteiger partial charge in [0, 0.05) is 5.57 Å². The zero-order valence-corrected chi connectivity index (χ0v) is 18.6. The predicted molar refractivity (Wildman–Crippen MR) is 115 cm³/mol. The second-order valence-electron chi connectivity index (χ2n) is 9.35. The number of aryl methyl sites for hydroxylation is 1. The van der Waals surface area contributed by atoms with E-state index in [2.05, 4.69) is 33.9 Å². The lowest BCUT2D eigenvalue weighted by molar-refractivity contribution is -0.00640. The highest BCUT2D eigenvalue weighted by atomic mass is 28.4. The Bertz CT molecular complexity index is 862. The van der Waals surface area contributed by atoms with Gasteiger partial charge in [-0.3, -0.25) is 0 Å². The summed E-state index contributed by atoms with van der Waals surface area (Å²) in [5, 5.41) is -0.0565. The number of allylic oxidation sites excluding steroid dienone is 2. The molecule has 1 nitrogen and oxygen atoms in total. The van der Waals surface area contributed by atoms with Gasteiger partial charge in [0.25, 0.3) is 5.92 Å². The number of benzene rings is 2. The SMILES string of the molecule is Cc1ccc(C2C(c3ccccc3)=C(O[Si](C)(C)C(C)(C)C)CC2(F)F)cc1. The predicted octanol–water partition coefficient (Wildman–Crippen LogP) is 7.55. The van der Waals surface area contributed by atoms with Crippen molar-refractivity contribution >= 4 is 13.9 Å². The maximum atomic E-state index is 15.3. The summed E-state index contributed by atoms with van der Waals surface area (Å²) >= 11 is 0. The zero-order valence-electron chi connectivity index (χ0n) is 17.6. The minimum absolute atomic E-state index is 0.0565. The quantitative estimate of drug-likeness (QED) is 0.481. The van der Waals surface area contributed by atoms with Gasteiger partial charge in [0.2, 0.25) is 8.32 Å². The second-order valence-corrected chi connectivity index (χ2v) is 14.1. The van der Waals surface area contributed by atoms with Gasteiger partial charge in [-0.15, -0.1) is 0 Å². The van der Waals surface area contributed by atoms with E-state index < -0.39 is 20.2 Å². The van der Waals surface area contributed by atoms with Crippen molar-refractivity contribution in [2.45, 2.75) is 64.1 Å². The molecule has 0 spiro atoms. The Morgan fingerprint density at radius 2 is 1.54 bits per heavy atom. The maximum absolute atomic E-state index is 15.3. The minimum atomic E-state index is -2.88. The van der Waals surface area contributed by atoms with Crippen molar-refractivity contribution in [3.63, 3.8) is 0 Å². The first-order valence-electron chi connectivity index (χ1n) is 9.84. The van der Waals surface area contributed by atoms with Crippen LogP contribution in [0.1, 0.15) is 49.8 Å². The first-order valence-corrected chi connectivity index (χ1v) is 12.7. The van der Waals surface area contributed by atoms with Crippen LogP contribution in [-0.4, -0.2) is 14.2 Å². The third-order valence-corrected chi connectivity index (χ3v) is 10.5. The van der Waals surface area contributed by atoms with Crippen molar-refractivity contribution in [1.82, 2.24) is 0 Å². The summed E-state index contributed by atoms with van der Waals surface area (Å²) in [6, 6.07) is 17.0. The normalized spacial score (nSPS) is 19.8. The highest BCUT2D eigenvalue weighted by Gasteiger charge is 2.53. The third kappa shape index (κ3) is 3.93. The summed E-state index contributed by atoms with van der Waals surface area (Å²) < 4.78 is 37.2. The van der Waals surface area contributed by atoms with E-state index in [0.717, 1.165) is 11.1 Å². The van der Waals surface area contributed by atoms with Gasteiger partial charge in [-0.1, -0.05) is 80.9 Å². The summed E-state index contributed by atoms with van der Waals surface area (Å²) in [5.41, 5.74) is 3.16. The fourth-order valence-corrected chi connectivity index (χ4v) is 4.55. The molecule has 150 valence electrons. The van der Waals surface area contributed by atoms with E-state index in [9.17, 15) is 0 Å². The van der Waals surface area contributed by atoms with Gasteiger partial charge in [0.15, 0.2) is 0 Å². The van der Waals surface area contributed by atoms with E-state index in [-0.39, 0.29) is 11.5 Å². The largest absolute Gasteiger partial charge is 0.546 e. The summed E-state index contributed by atoms with van der Waals surface area (Å²) in [7, 11) is -2.24. The van der Waals surface area contributed by atoms with Crippen molar-refractivity contribution in [1.29, 1.82) is 0 Å². The van der Waals surface area contributed by atoms with Gasteiger partial charge in [0.1, 0.15) is 0 Å². The minimum Gasteiger partial charge on any atom is -0.546 e. The molecule has 2 aromatic rings. The van der Waals surface area contributed by atoms with E-state index in [4.69, 9.17) is 4.43 Å². The van der Waals surface area contributed by atoms with Gasteiger partial charge in [0.05, 0.1) is 18.1 Å². The van der Waals surface area contributed by atoms with Gasteiger partial charge >= 0.3 is 0 Å². The highest BCUT2D eigenvalue weighted by molar-refractivity contribution is 6.74. The number of alkyl halides is 2. The zero-order chi connectivity index (χ0) is 20.7. The van der Waals surface area contributed by atoms with Gasteiger partial charge in [-0.25, -0.2) is 8.78 Å². The van der Waals surface area contributed by atoms with E-state index in [0.29, 0.717) is 16.9 Å². The Morgan fingerprint density at radius 1 is 0.964 bits per heavy atom. The molecule has 0 amide bonds. The molecule has 1 atom stereocenters. The van der Waals surface area contributed by atoms with Crippen LogP contribution in [0.4, 0.5) is 8.78 Å². The van der Waals surface area contributed by atoms with E-state index in [1.54, 1.807) is 0 Å². The highest BCUT2D eigenvalue weighted by Crippen LogP contribution is 2.55. The van der Waals surface area contributed by atoms with Crippen molar-refractivity contribution in [3.8, 4) is 0 Å². The summed E-state index contributed by atoms with van der Waals surface area (Å²) in [4.78, 5) is 0. The van der Waals surface area contributed by atoms with Crippen LogP contribution in [0.15, 0.2) is 60.4 Å². The fourth-order valence-electron chi connectivity index (χ4n) is 3.45. The smallest absolute Gasteiger partial charge is 0.265 e. The topological polar surface area (TPSA) is 9.23 Å². The van der Waals surface area contributed by atoms with Crippen LogP contribution in [0.3, 0.4) is 0 Å². The molecule has 0 heterocycles. The molecule has 0 aliphatic heterocycles. The average Bonchev–Trinajstić information content (AvgIpc) is 2.85. The van der Waals surface area contributed by atoms with Crippen molar-refractivity contribution < 1.29 is 13.2 Å². The van der Waals surface area contributed by atoms with Gasteiger partial charge < -0.3 is 4.43 Å². The van der Waals surface area contributed by atoms with Crippen LogP contribution in [0.2, 0.25) is 18.1 Å². The lowest BCUT2D eigenvalue weighted by Gasteiger charge is -2.37. The second kappa shape index (κ2) is 7.14. The van der Waals surface area contributed by atoms with Gasteiger partial charge in [-0.05, 0) is 36.2 Å².